The van der Waals surface area contributed by atoms with Gasteiger partial charge in [0.15, 0.2) is 0 Å². The molecule has 3 aromatic carbocycles. The molecule has 1 aliphatic heterocycles. The molecule has 8 heteroatoms. The minimum atomic E-state index is -0.635. The Bertz CT molecular complexity index is 1280. The average Bonchev–Trinajstić information content (AvgIpc) is 3.07. The summed E-state index contributed by atoms with van der Waals surface area (Å²) in [4.78, 5) is 39.4. The summed E-state index contributed by atoms with van der Waals surface area (Å²) >= 11 is 6.21. The monoisotopic (exact) mass is 475 g/mol. The number of rotatable bonds is 7. The van der Waals surface area contributed by atoms with Gasteiger partial charge in [0, 0.05) is 16.9 Å². The van der Waals surface area contributed by atoms with Crippen molar-refractivity contribution >= 4 is 46.4 Å². The first kappa shape index (κ1) is 23.1. The van der Waals surface area contributed by atoms with Crippen molar-refractivity contribution in [1.82, 2.24) is 0 Å². The molecule has 4 rings (SSSR count). The van der Waals surface area contributed by atoms with Crippen molar-refractivity contribution in [2.45, 2.75) is 13.3 Å². The molecular formula is C26H22ClN3O4. The molecule has 0 spiro atoms. The van der Waals surface area contributed by atoms with E-state index >= 15 is 0 Å². The summed E-state index contributed by atoms with van der Waals surface area (Å²) in [6, 6.07) is 20.7. The first-order valence-corrected chi connectivity index (χ1v) is 11.0. The van der Waals surface area contributed by atoms with Crippen LogP contribution in [0.5, 0.6) is 5.75 Å². The minimum absolute atomic E-state index is 0.0600. The lowest BCUT2D eigenvalue weighted by molar-refractivity contribution is -0.120. The Labute approximate surface area is 202 Å². The van der Waals surface area contributed by atoms with Gasteiger partial charge >= 0.3 is 0 Å². The van der Waals surface area contributed by atoms with Gasteiger partial charge in [-0.05, 0) is 66.6 Å². The minimum Gasteiger partial charge on any atom is -0.497 e. The molecule has 0 aliphatic carbocycles. The van der Waals surface area contributed by atoms with Gasteiger partial charge in [-0.15, -0.1) is 0 Å². The highest BCUT2D eigenvalue weighted by molar-refractivity contribution is 6.53. The predicted octanol–water partition coefficient (Wildman–Crippen LogP) is 4.95. The Kier molecular flexibility index (Phi) is 6.65. The fourth-order valence-electron chi connectivity index (χ4n) is 3.49. The molecule has 0 bridgehead atoms. The summed E-state index contributed by atoms with van der Waals surface area (Å²) in [5.74, 6) is -0.937. The Morgan fingerprint density at radius 1 is 0.941 bits per heavy atom. The van der Waals surface area contributed by atoms with Crippen molar-refractivity contribution in [3.63, 3.8) is 0 Å². The van der Waals surface area contributed by atoms with Gasteiger partial charge in [-0.3, -0.25) is 14.4 Å². The normalized spacial score (nSPS) is 13.3. The largest absolute Gasteiger partial charge is 0.497 e. The second-order valence-electron chi connectivity index (χ2n) is 7.54. The number of hydrogen-bond acceptors (Lipinski definition) is 5. The lowest BCUT2D eigenvalue weighted by atomic mass is 10.1. The molecule has 0 unspecified atom stereocenters. The standard InChI is InChI=1S/C26H22ClN3O4/c1-3-16-7-9-18(10-8-16)29-24(31)17-5-4-6-19(15-17)28-23-22(27)25(32)30(26(23)33)20-11-13-21(34-2)14-12-20/h4-15,28H,3H2,1-2H3,(H,29,31). The van der Waals surface area contributed by atoms with Gasteiger partial charge in [0.05, 0.1) is 12.8 Å². The number of ether oxygens (including phenoxy) is 1. The van der Waals surface area contributed by atoms with Crippen LogP contribution < -0.4 is 20.3 Å². The zero-order chi connectivity index (χ0) is 24.2. The molecule has 0 aromatic heterocycles. The Morgan fingerprint density at radius 2 is 1.65 bits per heavy atom. The first-order chi connectivity index (χ1) is 16.4. The van der Waals surface area contributed by atoms with Crippen molar-refractivity contribution in [2.75, 3.05) is 22.6 Å². The highest BCUT2D eigenvalue weighted by atomic mass is 35.5. The maximum Gasteiger partial charge on any atom is 0.283 e. The summed E-state index contributed by atoms with van der Waals surface area (Å²) in [7, 11) is 1.53. The summed E-state index contributed by atoms with van der Waals surface area (Å²) in [6.07, 6.45) is 0.914. The number of carbonyl (C=O) groups is 3. The number of amides is 3. The summed E-state index contributed by atoms with van der Waals surface area (Å²) in [5, 5.41) is 5.52. The summed E-state index contributed by atoms with van der Waals surface area (Å²) in [6.45, 7) is 2.06. The van der Waals surface area contributed by atoms with E-state index in [1.807, 2.05) is 24.3 Å². The zero-order valence-electron chi connectivity index (χ0n) is 18.6. The topological polar surface area (TPSA) is 87.7 Å². The van der Waals surface area contributed by atoms with Crippen molar-refractivity contribution < 1.29 is 19.1 Å². The van der Waals surface area contributed by atoms with Crippen molar-refractivity contribution in [3.05, 3.63) is 94.7 Å². The first-order valence-electron chi connectivity index (χ1n) is 10.6. The highest BCUT2D eigenvalue weighted by Gasteiger charge is 2.39. The fraction of sp³-hybridized carbons (Fsp3) is 0.115. The molecule has 0 radical (unpaired) electrons. The van der Waals surface area contributed by atoms with Crippen LogP contribution in [0.25, 0.3) is 0 Å². The van der Waals surface area contributed by atoms with E-state index in [-0.39, 0.29) is 16.6 Å². The Morgan fingerprint density at radius 3 is 2.29 bits per heavy atom. The molecule has 3 amide bonds. The molecular weight excluding hydrogens is 454 g/mol. The van der Waals surface area contributed by atoms with E-state index < -0.39 is 11.8 Å². The van der Waals surface area contributed by atoms with Crippen LogP contribution >= 0.6 is 11.6 Å². The summed E-state index contributed by atoms with van der Waals surface area (Å²) < 4.78 is 5.12. The van der Waals surface area contributed by atoms with E-state index in [0.717, 1.165) is 11.3 Å². The molecule has 1 heterocycles. The Balaban J connectivity index is 1.50. The molecule has 172 valence electrons. The van der Waals surface area contributed by atoms with Crippen LogP contribution in [0.4, 0.5) is 17.1 Å². The molecule has 3 aromatic rings. The van der Waals surface area contributed by atoms with Crippen LogP contribution in [0, 0.1) is 0 Å². The number of nitrogens with one attached hydrogen (secondary N) is 2. The number of carbonyl (C=O) groups excluding carboxylic acids is 3. The van der Waals surface area contributed by atoms with Crippen molar-refractivity contribution in [2.24, 2.45) is 0 Å². The lowest BCUT2D eigenvalue weighted by Gasteiger charge is -2.15. The highest BCUT2D eigenvalue weighted by Crippen LogP contribution is 2.31. The van der Waals surface area contributed by atoms with E-state index in [9.17, 15) is 14.4 Å². The van der Waals surface area contributed by atoms with E-state index in [4.69, 9.17) is 16.3 Å². The fourth-order valence-corrected chi connectivity index (χ4v) is 3.70. The SMILES string of the molecule is CCc1ccc(NC(=O)c2cccc(NC3=C(Cl)C(=O)N(c4ccc(OC)cc4)C3=O)c2)cc1. The molecule has 0 saturated carbocycles. The van der Waals surface area contributed by atoms with Crippen LogP contribution in [0.2, 0.25) is 0 Å². The maximum absolute atomic E-state index is 13.0. The smallest absolute Gasteiger partial charge is 0.283 e. The van der Waals surface area contributed by atoms with Crippen LogP contribution in [0.15, 0.2) is 83.5 Å². The third-order valence-electron chi connectivity index (χ3n) is 5.37. The van der Waals surface area contributed by atoms with E-state index in [2.05, 4.69) is 17.6 Å². The molecule has 0 fully saturated rings. The summed E-state index contributed by atoms with van der Waals surface area (Å²) in [5.41, 5.74) is 2.99. The number of halogens is 1. The van der Waals surface area contributed by atoms with Crippen LogP contribution in [0.1, 0.15) is 22.8 Å². The second-order valence-corrected chi connectivity index (χ2v) is 7.92. The lowest BCUT2D eigenvalue weighted by Crippen LogP contribution is -2.32. The van der Waals surface area contributed by atoms with Gasteiger partial charge in [-0.1, -0.05) is 36.7 Å². The number of imide groups is 1. The Hall–Kier alpha value is -4.10. The molecule has 1 aliphatic rings. The second kappa shape index (κ2) is 9.80. The van der Waals surface area contributed by atoms with E-state index in [1.54, 1.807) is 48.5 Å². The number of methoxy groups -OCH3 is 1. The predicted molar refractivity (Wildman–Crippen MR) is 132 cm³/mol. The van der Waals surface area contributed by atoms with Crippen molar-refractivity contribution in [1.29, 1.82) is 0 Å². The van der Waals surface area contributed by atoms with Crippen LogP contribution in [0.3, 0.4) is 0 Å². The average molecular weight is 476 g/mol. The molecule has 34 heavy (non-hydrogen) atoms. The zero-order valence-corrected chi connectivity index (χ0v) is 19.3. The number of aryl methyl sites for hydroxylation is 1. The third kappa shape index (κ3) is 4.65. The molecule has 7 nitrogen and oxygen atoms in total. The van der Waals surface area contributed by atoms with Gasteiger partial charge < -0.3 is 15.4 Å². The number of anilines is 3. The van der Waals surface area contributed by atoms with Gasteiger partial charge in [0.1, 0.15) is 16.5 Å². The molecule has 0 atom stereocenters. The quantitative estimate of drug-likeness (QED) is 0.472. The number of hydrogen-bond donors (Lipinski definition) is 2. The molecule has 0 saturated heterocycles. The van der Waals surface area contributed by atoms with Gasteiger partial charge in [-0.2, -0.15) is 0 Å². The number of nitrogens with zero attached hydrogens (tertiary/aromatic N) is 1. The van der Waals surface area contributed by atoms with E-state index in [0.29, 0.717) is 28.4 Å². The van der Waals surface area contributed by atoms with Crippen molar-refractivity contribution in [3.8, 4) is 5.75 Å². The van der Waals surface area contributed by atoms with Gasteiger partial charge in [0.2, 0.25) is 0 Å². The maximum atomic E-state index is 13.0. The van der Waals surface area contributed by atoms with E-state index in [1.165, 1.54) is 12.7 Å². The van der Waals surface area contributed by atoms with Gasteiger partial charge in [0.25, 0.3) is 17.7 Å². The van der Waals surface area contributed by atoms with Crippen LogP contribution in [-0.2, 0) is 16.0 Å². The third-order valence-corrected chi connectivity index (χ3v) is 5.72. The van der Waals surface area contributed by atoms with Gasteiger partial charge in [-0.25, -0.2) is 4.90 Å². The molecule has 2 N–H and O–H groups in total. The van der Waals surface area contributed by atoms with Crippen LogP contribution in [-0.4, -0.2) is 24.8 Å². The number of benzene rings is 3.